The molecule has 26 heavy (non-hydrogen) atoms. The highest BCUT2D eigenvalue weighted by molar-refractivity contribution is 6.03. The third-order valence-corrected chi connectivity index (χ3v) is 3.55. The van der Waals surface area contributed by atoms with Crippen molar-refractivity contribution in [2.24, 2.45) is 0 Å². The number of nitrogens with one attached hydrogen (secondary N) is 1. The van der Waals surface area contributed by atoms with Gasteiger partial charge in [-0.1, -0.05) is 6.07 Å². The van der Waals surface area contributed by atoms with Gasteiger partial charge in [0.1, 0.15) is 5.82 Å². The van der Waals surface area contributed by atoms with Crippen LogP contribution in [0.1, 0.15) is 10.5 Å². The van der Waals surface area contributed by atoms with E-state index < -0.39 is 18.0 Å². The lowest BCUT2D eigenvalue weighted by molar-refractivity contribution is -0.286. The van der Waals surface area contributed by atoms with Gasteiger partial charge < -0.3 is 14.8 Å². The molecule has 2 aromatic carbocycles. The van der Waals surface area contributed by atoms with Crippen LogP contribution in [0.25, 0.3) is 5.69 Å². The second-order valence-electron chi connectivity index (χ2n) is 5.41. The summed E-state index contributed by atoms with van der Waals surface area (Å²) in [5, 5.41) is 6.60. The van der Waals surface area contributed by atoms with Gasteiger partial charge in [0.25, 0.3) is 5.91 Å². The van der Waals surface area contributed by atoms with Crippen LogP contribution < -0.4 is 14.8 Å². The third-order valence-electron chi connectivity index (χ3n) is 3.55. The summed E-state index contributed by atoms with van der Waals surface area (Å²) in [5.74, 6) is -1.30. The molecule has 1 aromatic heterocycles. The predicted octanol–water partition coefficient (Wildman–Crippen LogP) is 3.59. The molecule has 0 spiro atoms. The molecule has 6 nitrogen and oxygen atoms in total. The number of rotatable bonds is 3. The number of halogens is 3. The van der Waals surface area contributed by atoms with E-state index in [0.29, 0.717) is 5.69 Å². The minimum Gasteiger partial charge on any atom is -0.395 e. The van der Waals surface area contributed by atoms with Gasteiger partial charge in [-0.3, -0.25) is 4.79 Å². The van der Waals surface area contributed by atoms with Crippen molar-refractivity contribution in [2.75, 3.05) is 5.32 Å². The Morgan fingerprint density at radius 3 is 2.69 bits per heavy atom. The van der Waals surface area contributed by atoms with Gasteiger partial charge in [-0.05, 0) is 36.4 Å². The lowest BCUT2D eigenvalue weighted by Crippen LogP contribution is -2.25. The molecule has 0 unspecified atom stereocenters. The minimum atomic E-state index is -3.73. The van der Waals surface area contributed by atoms with Crippen LogP contribution in [-0.4, -0.2) is 22.0 Å². The minimum absolute atomic E-state index is 0.0669. The summed E-state index contributed by atoms with van der Waals surface area (Å²) in [6.07, 6.45) is -2.22. The number of hydrogen-bond acceptors (Lipinski definition) is 4. The SMILES string of the molecule is O=C(Nc1ccc2c(c1)OC(F)(F)O2)c1ccn(-c2cccc(F)c2)n1. The van der Waals surface area contributed by atoms with Crippen LogP contribution in [0, 0.1) is 5.82 Å². The first-order valence-corrected chi connectivity index (χ1v) is 7.42. The fraction of sp³-hybridized carbons (Fsp3) is 0.0588. The average molecular weight is 361 g/mol. The van der Waals surface area contributed by atoms with E-state index >= 15 is 0 Å². The number of anilines is 1. The molecule has 0 saturated carbocycles. The summed E-state index contributed by atoms with van der Waals surface area (Å²) in [7, 11) is 0. The summed E-state index contributed by atoms with van der Waals surface area (Å²) in [5.41, 5.74) is 0.752. The Kier molecular flexibility index (Phi) is 3.57. The van der Waals surface area contributed by atoms with E-state index in [9.17, 15) is 18.0 Å². The summed E-state index contributed by atoms with van der Waals surface area (Å²) in [4.78, 5) is 12.3. The van der Waals surface area contributed by atoms with E-state index in [-0.39, 0.29) is 22.9 Å². The molecule has 0 aliphatic carbocycles. The van der Waals surface area contributed by atoms with Gasteiger partial charge >= 0.3 is 6.29 Å². The number of hydrogen-bond donors (Lipinski definition) is 1. The number of ether oxygens (including phenoxy) is 2. The number of fused-ring (bicyclic) bond motifs is 1. The fourth-order valence-electron chi connectivity index (χ4n) is 2.43. The smallest absolute Gasteiger partial charge is 0.395 e. The number of nitrogens with zero attached hydrogens (tertiary/aromatic N) is 2. The number of aromatic nitrogens is 2. The molecule has 0 bridgehead atoms. The van der Waals surface area contributed by atoms with Gasteiger partial charge in [-0.2, -0.15) is 5.10 Å². The molecule has 2 heterocycles. The molecular formula is C17H10F3N3O3. The van der Waals surface area contributed by atoms with Crippen molar-refractivity contribution in [1.82, 2.24) is 9.78 Å². The molecule has 1 aliphatic rings. The second kappa shape index (κ2) is 5.80. The van der Waals surface area contributed by atoms with Gasteiger partial charge in [-0.15, -0.1) is 8.78 Å². The maximum atomic E-state index is 13.3. The Hall–Kier alpha value is -3.49. The number of carbonyl (C=O) groups is 1. The van der Waals surface area contributed by atoms with Gasteiger partial charge in [0.2, 0.25) is 0 Å². The first-order chi connectivity index (χ1) is 12.4. The van der Waals surface area contributed by atoms with Crippen LogP contribution in [0.4, 0.5) is 18.9 Å². The largest absolute Gasteiger partial charge is 0.586 e. The maximum absolute atomic E-state index is 13.3. The fourth-order valence-corrected chi connectivity index (χ4v) is 2.43. The summed E-state index contributed by atoms with van der Waals surface area (Å²) in [6.45, 7) is 0. The Balaban J connectivity index is 1.51. The Bertz CT molecular complexity index is 1000. The highest BCUT2D eigenvalue weighted by Gasteiger charge is 2.43. The highest BCUT2D eigenvalue weighted by Crippen LogP contribution is 2.42. The summed E-state index contributed by atoms with van der Waals surface area (Å²) < 4.78 is 49.3. The van der Waals surface area contributed by atoms with E-state index in [2.05, 4.69) is 19.9 Å². The Labute approximate surface area is 144 Å². The van der Waals surface area contributed by atoms with Gasteiger partial charge in [-0.25, -0.2) is 9.07 Å². The van der Waals surface area contributed by atoms with E-state index in [0.717, 1.165) is 0 Å². The van der Waals surface area contributed by atoms with Crippen molar-refractivity contribution < 1.29 is 27.4 Å². The Morgan fingerprint density at radius 1 is 1.08 bits per heavy atom. The normalized spacial score (nSPS) is 14.3. The molecule has 3 aromatic rings. The standard InChI is InChI=1S/C17H10F3N3O3/c18-10-2-1-3-12(8-10)23-7-6-13(22-23)16(24)21-11-4-5-14-15(9-11)26-17(19,20)25-14/h1-9H,(H,21,24). The molecule has 9 heteroatoms. The highest BCUT2D eigenvalue weighted by atomic mass is 19.3. The van der Waals surface area contributed by atoms with E-state index in [1.165, 1.54) is 53.3 Å². The maximum Gasteiger partial charge on any atom is 0.586 e. The third kappa shape index (κ3) is 3.06. The van der Waals surface area contributed by atoms with Gasteiger partial charge in [0, 0.05) is 18.0 Å². The zero-order valence-corrected chi connectivity index (χ0v) is 12.9. The van der Waals surface area contributed by atoms with Gasteiger partial charge in [0.15, 0.2) is 17.2 Å². The monoisotopic (exact) mass is 361 g/mol. The van der Waals surface area contributed by atoms with Crippen molar-refractivity contribution in [3.63, 3.8) is 0 Å². The quantitative estimate of drug-likeness (QED) is 0.774. The second-order valence-corrected chi connectivity index (χ2v) is 5.41. The van der Waals surface area contributed by atoms with Crippen molar-refractivity contribution in [3.8, 4) is 17.2 Å². The molecule has 0 saturated heterocycles. The van der Waals surface area contributed by atoms with Crippen molar-refractivity contribution >= 4 is 11.6 Å². The molecule has 1 aliphatic heterocycles. The van der Waals surface area contributed by atoms with Crippen molar-refractivity contribution in [3.05, 3.63) is 66.2 Å². The molecule has 0 fully saturated rings. The molecule has 0 radical (unpaired) electrons. The number of benzene rings is 2. The zero-order chi connectivity index (χ0) is 18.3. The van der Waals surface area contributed by atoms with E-state index in [1.807, 2.05) is 0 Å². The van der Waals surface area contributed by atoms with Crippen LogP contribution in [-0.2, 0) is 0 Å². The Morgan fingerprint density at radius 2 is 1.88 bits per heavy atom. The number of carbonyl (C=O) groups excluding carboxylic acids is 1. The van der Waals surface area contributed by atoms with Crippen molar-refractivity contribution in [2.45, 2.75) is 6.29 Å². The number of amides is 1. The van der Waals surface area contributed by atoms with E-state index in [1.54, 1.807) is 6.07 Å². The molecule has 1 N–H and O–H groups in total. The molecule has 132 valence electrons. The van der Waals surface area contributed by atoms with Gasteiger partial charge in [0.05, 0.1) is 5.69 Å². The lowest BCUT2D eigenvalue weighted by atomic mass is 10.2. The average Bonchev–Trinajstić information content (AvgIpc) is 3.17. The van der Waals surface area contributed by atoms with Crippen LogP contribution in [0.3, 0.4) is 0 Å². The van der Waals surface area contributed by atoms with Crippen LogP contribution in [0.5, 0.6) is 11.5 Å². The van der Waals surface area contributed by atoms with Crippen LogP contribution in [0.15, 0.2) is 54.7 Å². The lowest BCUT2D eigenvalue weighted by Gasteiger charge is -2.05. The first kappa shape index (κ1) is 16.0. The first-order valence-electron chi connectivity index (χ1n) is 7.42. The molecular weight excluding hydrogens is 351 g/mol. The predicted molar refractivity (Wildman–Crippen MR) is 84.1 cm³/mol. The van der Waals surface area contributed by atoms with Crippen LogP contribution >= 0.6 is 0 Å². The van der Waals surface area contributed by atoms with Crippen LogP contribution in [0.2, 0.25) is 0 Å². The topological polar surface area (TPSA) is 65.4 Å². The summed E-state index contributed by atoms with van der Waals surface area (Å²) >= 11 is 0. The van der Waals surface area contributed by atoms with Crippen molar-refractivity contribution in [1.29, 1.82) is 0 Å². The molecule has 0 atom stereocenters. The summed E-state index contributed by atoms with van der Waals surface area (Å²) in [6, 6.07) is 11.0. The molecule has 4 rings (SSSR count). The number of alkyl halides is 2. The zero-order valence-electron chi connectivity index (χ0n) is 12.9. The van der Waals surface area contributed by atoms with E-state index in [4.69, 9.17) is 0 Å². The molecule has 1 amide bonds.